The van der Waals surface area contributed by atoms with E-state index >= 15 is 0 Å². The highest BCUT2D eigenvalue weighted by Gasteiger charge is 2.27. The van der Waals surface area contributed by atoms with Crippen LogP contribution in [0.4, 0.5) is 0 Å². The summed E-state index contributed by atoms with van der Waals surface area (Å²) >= 11 is 0. The third-order valence-corrected chi connectivity index (χ3v) is 4.80. The molecule has 3 unspecified atom stereocenters. The SMILES string of the molecule is COC1CCCC(OC(=O)CC(C)NC(=O)C2CCCC2)C1. The highest BCUT2D eigenvalue weighted by atomic mass is 16.5. The first-order valence-corrected chi connectivity index (χ1v) is 8.61. The Bertz CT molecular complexity index is 379. The van der Waals surface area contributed by atoms with Gasteiger partial charge in [-0.05, 0) is 39.0 Å². The van der Waals surface area contributed by atoms with E-state index in [0.717, 1.165) is 51.4 Å². The molecule has 1 N–H and O–H groups in total. The van der Waals surface area contributed by atoms with Crippen molar-refractivity contribution in [2.45, 2.75) is 83.0 Å². The first kappa shape index (κ1) is 17.3. The molecule has 0 bridgehead atoms. The van der Waals surface area contributed by atoms with Gasteiger partial charge >= 0.3 is 5.97 Å². The molecule has 2 saturated carbocycles. The molecule has 126 valence electrons. The minimum atomic E-state index is -0.221. The highest BCUT2D eigenvalue weighted by molar-refractivity contribution is 5.80. The maximum absolute atomic E-state index is 12.0. The molecule has 1 amide bonds. The van der Waals surface area contributed by atoms with Crippen LogP contribution in [-0.2, 0) is 19.1 Å². The van der Waals surface area contributed by atoms with Crippen LogP contribution < -0.4 is 5.32 Å². The summed E-state index contributed by atoms with van der Waals surface area (Å²) in [5.41, 5.74) is 0. The third kappa shape index (κ3) is 5.27. The van der Waals surface area contributed by atoms with Gasteiger partial charge in [0.15, 0.2) is 0 Å². The molecule has 2 aliphatic rings. The predicted molar refractivity (Wildman–Crippen MR) is 83.3 cm³/mol. The second kappa shape index (κ2) is 8.51. The van der Waals surface area contributed by atoms with E-state index in [2.05, 4.69) is 5.32 Å². The number of amides is 1. The lowest BCUT2D eigenvalue weighted by Crippen LogP contribution is -2.38. The Labute approximate surface area is 133 Å². The molecule has 22 heavy (non-hydrogen) atoms. The number of hydrogen-bond acceptors (Lipinski definition) is 4. The van der Waals surface area contributed by atoms with E-state index in [-0.39, 0.29) is 42.5 Å². The van der Waals surface area contributed by atoms with Gasteiger partial charge in [0.25, 0.3) is 0 Å². The van der Waals surface area contributed by atoms with E-state index in [1.54, 1.807) is 7.11 Å². The minimum absolute atomic E-state index is 0.0380. The maximum atomic E-state index is 12.0. The van der Waals surface area contributed by atoms with Crippen LogP contribution in [0, 0.1) is 5.92 Å². The summed E-state index contributed by atoms with van der Waals surface area (Å²) in [6.07, 6.45) is 8.39. The van der Waals surface area contributed by atoms with Crippen molar-refractivity contribution in [1.82, 2.24) is 5.32 Å². The average Bonchev–Trinajstić information content (AvgIpc) is 3.01. The summed E-state index contributed by atoms with van der Waals surface area (Å²) in [5, 5.41) is 2.95. The predicted octanol–water partition coefficient (Wildman–Crippen LogP) is 2.57. The van der Waals surface area contributed by atoms with Crippen molar-refractivity contribution in [3.05, 3.63) is 0 Å². The van der Waals surface area contributed by atoms with Gasteiger partial charge in [0.1, 0.15) is 6.10 Å². The molecule has 2 fully saturated rings. The molecule has 5 heteroatoms. The molecule has 0 saturated heterocycles. The van der Waals surface area contributed by atoms with Crippen molar-refractivity contribution < 1.29 is 19.1 Å². The van der Waals surface area contributed by atoms with Crippen LogP contribution in [0.25, 0.3) is 0 Å². The number of methoxy groups -OCH3 is 1. The second-order valence-electron chi connectivity index (χ2n) is 6.73. The zero-order chi connectivity index (χ0) is 15.9. The van der Waals surface area contributed by atoms with Crippen molar-refractivity contribution in [2.75, 3.05) is 7.11 Å². The summed E-state index contributed by atoms with van der Waals surface area (Å²) in [6.45, 7) is 1.87. The summed E-state index contributed by atoms with van der Waals surface area (Å²) in [4.78, 5) is 24.0. The second-order valence-corrected chi connectivity index (χ2v) is 6.73. The molecule has 0 heterocycles. The number of esters is 1. The Morgan fingerprint density at radius 3 is 2.45 bits per heavy atom. The summed E-state index contributed by atoms with van der Waals surface area (Å²) in [5.74, 6) is 0.00941. The Hall–Kier alpha value is -1.10. The van der Waals surface area contributed by atoms with Gasteiger partial charge in [0.2, 0.25) is 5.91 Å². The van der Waals surface area contributed by atoms with Crippen molar-refractivity contribution in [3.63, 3.8) is 0 Å². The third-order valence-electron chi connectivity index (χ3n) is 4.80. The fraction of sp³-hybridized carbons (Fsp3) is 0.882. The lowest BCUT2D eigenvalue weighted by molar-refractivity contribution is -0.153. The van der Waals surface area contributed by atoms with Crippen LogP contribution >= 0.6 is 0 Å². The largest absolute Gasteiger partial charge is 0.462 e. The van der Waals surface area contributed by atoms with Gasteiger partial charge in [-0.2, -0.15) is 0 Å². The fourth-order valence-corrected chi connectivity index (χ4v) is 3.51. The first-order valence-electron chi connectivity index (χ1n) is 8.61. The number of carbonyl (C=O) groups is 2. The number of ether oxygens (including phenoxy) is 2. The molecule has 0 aromatic carbocycles. The van der Waals surface area contributed by atoms with Gasteiger partial charge in [-0.15, -0.1) is 0 Å². The monoisotopic (exact) mass is 311 g/mol. The summed E-state index contributed by atoms with van der Waals surface area (Å²) < 4.78 is 10.9. The van der Waals surface area contributed by atoms with Crippen molar-refractivity contribution in [1.29, 1.82) is 0 Å². The molecule has 5 nitrogen and oxygen atoms in total. The van der Waals surface area contributed by atoms with Gasteiger partial charge < -0.3 is 14.8 Å². The first-order chi connectivity index (χ1) is 10.6. The van der Waals surface area contributed by atoms with Crippen LogP contribution in [0.5, 0.6) is 0 Å². The fourth-order valence-electron chi connectivity index (χ4n) is 3.51. The average molecular weight is 311 g/mol. The molecule has 0 aromatic rings. The number of carbonyl (C=O) groups excluding carboxylic acids is 2. The van der Waals surface area contributed by atoms with Crippen LogP contribution in [0.2, 0.25) is 0 Å². The Morgan fingerprint density at radius 1 is 1.09 bits per heavy atom. The number of rotatable bonds is 6. The Morgan fingerprint density at radius 2 is 1.77 bits per heavy atom. The standard InChI is InChI=1S/C17H29NO4/c1-12(18-17(20)13-6-3-4-7-13)10-16(19)22-15-9-5-8-14(11-15)21-2/h12-15H,3-11H2,1-2H3,(H,18,20). The van der Waals surface area contributed by atoms with E-state index in [4.69, 9.17) is 9.47 Å². The minimum Gasteiger partial charge on any atom is -0.462 e. The topological polar surface area (TPSA) is 64.6 Å². The zero-order valence-corrected chi connectivity index (χ0v) is 13.8. The number of nitrogens with one attached hydrogen (secondary N) is 1. The van der Waals surface area contributed by atoms with Crippen molar-refractivity contribution in [2.24, 2.45) is 5.92 Å². The van der Waals surface area contributed by atoms with E-state index in [1.165, 1.54) is 0 Å². The molecule has 2 aliphatic carbocycles. The van der Waals surface area contributed by atoms with E-state index in [9.17, 15) is 9.59 Å². The Balaban J connectivity index is 1.68. The van der Waals surface area contributed by atoms with Crippen LogP contribution in [0.15, 0.2) is 0 Å². The van der Waals surface area contributed by atoms with Crippen LogP contribution in [0.3, 0.4) is 0 Å². The van der Waals surface area contributed by atoms with E-state index in [0.29, 0.717) is 0 Å². The van der Waals surface area contributed by atoms with Gasteiger partial charge in [-0.25, -0.2) is 0 Å². The van der Waals surface area contributed by atoms with Gasteiger partial charge in [-0.3, -0.25) is 9.59 Å². The van der Waals surface area contributed by atoms with Crippen LogP contribution in [-0.4, -0.2) is 37.2 Å². The molecule has 0 aromatic heterocycles. The van der Waals surface area contributed by atoms with Crippen LogP contribution in [0.1, 0.15) is 64.7 Å². The van der Waals surface area contributed by atoms with Gasteiger partial charge in [0, 0.05) is 25.5 Å². The lowest BCUT2D eigenvalue weighted by atomic mass is 9.95. The summed E-state index contributed by atoms with van der Waals surface area (Å²) in [7, 11) is 1.70. The smallest absolute Gasteiger partial charge is 0.308 e. The molecule has 0 aliphatic heterocycles. The molecular weight excluding hydrogens is 282 g/mol. The lowest BCUT2D eigenvalue weighted by Gasteiger charge is -2.28. The zero-order valence-electron chi connectivity index (χ0n) is 13.8. The molecule has 0 radical (unpaired) electrons. The van der Waals surface area contributed by atoms with Gasteiger partial charge in [-0.1, -0.05) is 12.8 Å². The normalized spacial score (nSPS) is 27.4. The maximum Gasteiger partial charge on any atom is 0.308 e. The van der Waals surface area contributed by atoms with Gasteiger partial charge in [0.05, 0.1) is 12.5 Å². The highest BCUT2D eigenvalue weighted by Crippen LogP contribution is 2.25. The molecular formula is C17H29NO4. The molecule has 0 spiro atoms. The number of hydrogen-bond donors (Lipinski definition) is 1. The van der Waals surface area contributed by atoms with E-state index in [1.807, 2.05) is 6.92 Å². The Kier molecular flexibility index (Phi) is 6.68. The van der Waals surface area contributed by atoms with Crippen molar-refractivity contribution >= 4 is 11.9 Å². The quantitative estimate of drug-likeness (QED) is 0.766. The molecule has 3 atom stereocenters. The van der Waals surface area contributed by atoms with E-state index < -0.39 is 0 Å². The summed E-state index contributed by atoms with van der Waals surface area (Å²) in [6, 6.07) is -0.164. The van der Waals surface area contributed by atoms with Crippen molar-refractivity contribution in [3.8, 4) is 0 Å². The molecule has 2 rings (SSSR count).